The van der Waals surface area contributed by atoms with Crippen molar-refractivity contribution in [2.24, 2.45) is 0 Å². The van der Waals surface area contributed by atoms with Gasteiger partial charge in [0, 0.05) is 28.7 Å². The van der Waals surface area contributed by atoms with Crippen LogP contribution in [-0.2, 0) is 0 Å². The Kier molecular flexibility index (Phi) is 2.71. The molecule has 2 heterocycles. The van der Waals surface area contributed by atoms with Crippen LogP contribution >= 0.6 is 0 Å². The molecule has 0 atom stereocenters. The Balaban J connectivity index is 1.89. The van der Waals surface area contributed by atoms with E-state index in [0.717, 1.165) is 16.5 Å². The average molecular weight is 278 g/mol. The lowest BCUT2D eigenvalue weighted by atomic mass is 10.1. The van der Waals surface area contributed by atoms with Crippen LogP contribution in [0.4, 0.5) is 0 Å². The van der Waals surface area contributed by atoms with Crippen molar-refractivity contribution in [3.8, 4) is 17.5 Å². The fourth-order valence-corrected chi connectivity index (χ4v) is 3.25. The van der Waals surface area contributed by atoms with E-state index in [1.54, 1.807) is 0 Å². The highest BCUT2D eigenvalue weighted by Crippen LogP contribution is 2.35. The molecular weight excluding hydrogens is 264 g/mol. The smallest absolute Gasteiger partial charge is 0.204 e. The number of rotatable bonds is 2. The third kappa shape index (κ3) is 1.89. The predicted molar refractivity (Wildman–Crippen MR) is 77.3 cm³/mol. The van der Waals surface area contributed by atoms with Crippen molar-refractivity contribution in [2.75, 3.05) is 0 Å². The van der Waals surface area contributed by atoms with Crippen LogP contribution in [0, 0.1) is 11.3 Å². The molecule has 0 unspecified atom stereocenters. The van der Waals surface area contributed by atoms with Gasteiger partial charge in [-0.15, -0.1) is 10.2 Å². The van der Waals surface area contributed by atoms with Gasteiger partial charge >= 0.3 is 0 Å². The Morgan fingerprint density at radius 2 is 2.14 bits per heavy atom. The molecule has 21 heavy (non-hydrogen) atoms. The van der Waals surface area contributed by atoms with E-state index in [0.29, 0.717) is 17.4 Å². The number of tetrazole rings is 1. The first-order valence-corrected chi connectivity index (χ1v) is 7.15. The summed E-state index contributed by atoms with van der Waals surface area (Å²) < 4.78 is 2.26. The molecule has 104 valence electrons. The zero-order chi connectivity index (χ0) is 14.2. The number of nitriles is 1. The topological polar surface area (TPSA) is 83.2 Å². The van der Waals surface area contributed by atoms with Gasteiger partial charge in [0.15, 0.2) is 0 Å². The average Bonchev–Trinajstić information content (AvgIpc) is 3.26. The first kappa shape index (κ1) is 12.1. The van der Waals surface area contributed by atoms with Crippen molar-refractivity contribution in [2.45, 2.75) is 31.7 Å². The third-order valence-electron chi connectivity index (χ3n) is 4.28. The molecule has 6 heteroatoms. The second-order valence-electron chi connectivity index (χ2n) is 5.47. The second-order valence-corrected chi connectivity index (χ2v) is 5.47. The normalized spacial score (nSPS) is 15.6. The number of benzene rings is 1. The van der Waals surface area contributed by atoms with Crippen molar-refractivity contribution in [3.05, 3.63) is 30.0 Å². The van der Waals surface area contributed by atoms with Crippen LogP contribution in [-0.4, -0.2) is 25.2 Å². The zero-order valence-electron chi connectivity index (χ0n) is 11.5. The third-order valence-corrected chi connectivity index (χ3v) is 4.28. The molecule has 2 aromatic heterocycles. The molecule has 1 aliphatic carbocycles. The van der Waals surface area contributed by atoms with Gasteiger partial charge in [-0.2, -0.15) is 10.5 Å². The number of hydrogen-bond donors (Lipinski definition) is 1. The van der Waals surface area contributed by atoms with E-state index in [-0.39, 0.29) is 0 Å². The molecule has 0 aliphatic heterocycles. The van der Waals surface area contributed by atoms with Crippen LogP contribution in [0.25, 0.3) is 22.3 Å². The summed E-state index contributed by atoms with van der Waals surface area (Å²) in [5.74, 6) is 0.550. The molecule has 4 rings (SSSR count). The predicted octanol–water partition coefficient (Wildman–Crippen LogP) is 2.81. The molecule has 3 aromatic rings. The number of fused-ring (bicyclic) bond motifs is 1. The van der Waals surface area contributed by atoms with E-state index in [1.807, 2.05) is 18.3 Å². The van der Waals surface area contributed by atoms with E-state index in [2.05, 4.69) is 37.3 Å². The van der Waals surface area contributed by atoms with E-state index < -0.39 is 0 Å². The molecule has 0 radical (unpaired) electrons. The van der Waals surface area contributed by atoms with E-state index >= 15 is 0 Å². The lowest BCUT2D eigenvalue weighted by Crippen LogP contribution is -2.02. The molecule has 1 aromatic carbocycles. The quantitative estimate of drug-likeness (QED) is 0.781. The molecule has 6 nitrogen and oxygen atoms in total. The molecule has 1 aliphatic rings. The minimum atomic E-state index is 0.519. The lowest BCUT2D eigenvalue weighted by Gasteiger charge is -2.13. The van der Waals surface area contributed by atoms with Crippen LogP contribution in [0.15, 0.2) is 24.4 Å². The van der Waals surface area contributed by atoms with Crippen molar-refractivity contribution >= 4 is 10.9 Å². The maximum Gasteiger partial charge on any atom is 0.204 e. The number of H-pyrrole nitrogens is 1. The molecule has 1 N–H and O–H groups in total. The minimum Gasteiger partial charge on any atom is -0.343 e. The van der Waals surface area contributed by atoms with E-state index in [1.165, 1.54) is 25.7 Å². The van der Waals surface area contributed by atoms with Gasteiger partial charge in [-0.3, -0.25) is 0 Å². The Hall–Kier alpha value is -2.68. The summed E-state index contributed by atoms with van der Waals surface area (Å²) in [4.78, 5) is 0. The standard InChI is InChI=1S/C15H14N6/c16-8-11-9-21(12-3-1-2-4-12)14-6-5-10(7-13(11)14)15-17-19-20-18-15/h5-7,9,12H,1-4H2,(H,17,18,19,20). The molecule has 0 amide bonds. The molecule has 0 bridgehead atoms. The SMILES string of the molecule is N#Cc1cn(C2CCCC2)c2ccc(-c3nn[nH]n3)cc12. The van der Waals surface area contributed by atoms with E-state index in [9.17, 15) is 5.26 Å². The summed E-state index contributed by atoms with van der Waals surface area (Å²) in [6.07, 6.45) is 6.92. The second kappa shape index (κ2) is 4.70. The molecule has 0 spiro atoms. The van der Waals surface area contributed by atoms with Crippen molar-refractivity contribution in [1.82, 2.24) is 25.2 Å². The summed E-state index contributed by atoms with van der Waals surface area (Å²) in [5.41, 5.74) is 2.70. The Labute approximate surface area is 121 Å². The molecule has 0 saturated heterocycles. The molecule has 1 saturated carbocycles. The number of nitrogens with zero attached hydrogens (tertiary/aromatic N) is 5. The number of nitrogens with one attached hydrogen (secondary N) is 1. The van der Waals surface area contributed by atoms with Crippen molar-refractivity contribution in [3.63, 3.8) is 0 Å². The zero-order valence-corrected chi connectivity index (χ0v) is 11.5. The first-order chi connectivity index (χ1) is 10.4. The van der Waals surface area contributed by atoms with Gasteiger partial charge in [-0.05, 0) is 36.3 Å². The fourth-order valence-electron chi connectivity index (χ4n) is 3.25. The van der Waals surface area contributed by atoms with Gasteiger partial charge in [0.05, 0.1) is 5.56 Å². The summed E-state index contributed by atoms with van der Waals surface area (Å²) in [7, 11) is 0. The Morgan fingerprint density at radius 1 is 1.29 bits per heavy atom. The largest absolute Gasteiger partial charge is 0.343 e. The van der Waals surface area contributed by atoms with Gasteiger partial charge in [0.2, 0.25) is 5.82 Å². The van der Waals surface area contributed by atoms with E-state index in [4.69, 9.17) is 0 Å². The lowest BCUT2D eigenvalue weighted by molar-refractivity contribution is 0.535. The van der Waals surface area contributed by atoms with Gasteiger partial charge in [0.1, 0.15) is 6.07 Å². The maximum atomic E-state index is 9.40. The molecule has 1 fully saturated rings. The van der Waals surface area contributed by atoms with Crippen molar-refractivity contribution in [1.29, 1.82) is 5.26 Å². The van der Waals surface area contributed by atoms with Crippen LogP contribution in [0.1, 0.15) is 37.3 Å². The van der Waals surface area contributed by atoms with Crippen LogP contribution in [0.3, 0.4) is 0 Å². The van der Waals surface area contributed by atoms with Gasteiger partial charge in [0.25, 0.3) is 0 Å². The van der Waals surface area contributed by atoms with Crippen molar-refractivity contribution < 1.29 is 0 Å². The Bertz CT molecular complexity index is 818. The highest BCUT2D eigenvalue weighted by atomic mass is 15.5. The molecular formula is C15H14N6. The van der Waals surface area contributed by atoms with Gasteiger partial charge < -0.3 is 4.57 Å². The van der Waals surface area contributed by atoms with Gasteiger partial charge in [-0.25, -0.2) is 0 Å². The highest BCUT2D eigenvalue weighted by Gasteiger charge is 2.20. The van der Waals surface area contributed by atoms with Gasteiger partial charge in [-0.1, -0.05) is 12.8 Å². The van der Waals surface area contributed by atoms with Crippen LogP contribution < -0.4 is 0 Å². The Morgan fingerprint density at radius 3 is 2.86 bits per heavy atom. The highest BCUT2D eigenvalue weighted by molar-refractivity contribution is 5.89. The number of hydrogen-bond acceptors (Lipinski definition) is 4. The fraction of sp³-hybridized carbons (Fsp3) is 0.333. The summed E-state index contributed by atoms with van der Waals surface area (Å²) in [6, 6.07) is 8.84. The van der Waals surface area contributed by atoms with Crippen LogP contribution in [0.2, 0.25) is 0 Å². The number of aromatic nitrogens is 5. The monoisotopic (exact) mass is 278 g/mol. The summed E-state index contributed by atoms with van der Waals surface area (Å²) >= 11 is 0. The first-order valence-electron chi connectivity index (χ1n) is 7.15. The minimum absolute atomic E-state index is 0.519. The maximum absolute atomic E-state index is 9.40. The number of aromatic amines is 1. The summed E-state index contributed by atoms with van der Waals surface area (Å²) in [5, 5.41) is 24.4. The van der Waals surface area contributed by atoms with Crippen LogP contribution in [0.5, 0.6) is 0 Å². The summed E-state index contributed by atoms with van der Waals surface area (Å²) in [6.45, 7) is 0.